The van der Waals surface area contributed by atoms with Crippen LogP contribution in [0.3, 0.4) is 0 Å². The van der Waals surface area contributed by atoms with Gasteiger partial charge in [-0.2, -0.15) is 5.10 Å². The monoisotopic (exact) mass is 714 g/mol. The first-order valence-corrected chi connectivity index (χ1v) is 15.7. The molecule has 1 heterocycles. The number of aromatic nitrogens is 1. The predicted octanol–water partition coefficient (Wildman–Crippen LogP) is 9.31. The quantitative estimate of drug-likeness (QED) is 0.0890. The van der Waals surface area contributed by atoms with Crippen LogP contribution in [0.1, 0.15) is 21.5 Å². The van der Waals surface area contributed by atoms with Crippen molar-refractivity contribution in [2.45, 2.75) is 6.61 Å². The minimum atomic E-state index is -0.295. The van der Waals surface area contributed by atoms with Gasteiger partial charge in [0.25, 0.3) is 5.91 Å². The molecule has 212 valence electrons. The molecule has 0 aliphatic rings. The van der Waals surface area contributed by atoms with Crippen molar-refractivity contribution in [3.63, 3.8) is 0 Å². The Morgan fingerprint density at radius 2 is 1.72 bits per heavy atom. The molecule has 0 aliphatic carbocycles. The lowest BCUT2D eigenvalue weighted by Crippen LogP contribution is -2.17. The molecule has 6 nitrogen and oxygen atoms in total. The average Bonchev–Trinajstić information content (AvgIpc) is 3.50. The maximum Gasteiger partial charge on any atom is 0.271 e. The Morgan fingerprint density at radius 1 is 0.930 bits per heavy atom. The maximum atomic E-state index is 12.7. The summed E-state index contributed by atoms with van der Waals surface area (Å²) in [7, 11) is 0. The number of fused-ring (bicyclic) bond motifs is 1. The number of ether oxygens (including phenoxy) is 1. The zero-order valence-electron chi connectivity index (χ0n) is 22.6. The van der Waals surface area contributed by atoms with Gasteiger partial charge in [-0.3, -0.25) is 4.79 Å². The van der Waals surface area contributed by atoms with E-state index in [4.69, 9.17) is 16.3 Å². The molecule has 0 saturated heterocycles. The summed E-state index contributed by atoms with van der Waals surface area (Å²) in [5.74, 6) is 0.499. The van der Waals surface area contributed by atoms with Crippen LogP contribution in [0.4, 0.5) is 10.8 Å². The summed E-state index contributed by atoms with van der Waals surface area (Å²) < 4.78 is 7.02. The van der Waals surface area contributed by atoms with Crippen LogP contribution in [0.25, 0.3) is 22.0 Å². The average molecular weight is 715 g/mol. The Labute approximate surface area is 271 Å². The molecule has 0 atom stereocenters. The van der Waals surface area contributed by atoms with Crippen LogP contribution in [0.2, 0.25) is 5.02 Å². The van der Waals surface area contributed by atoms with Crippen molar-refractivity contribution in [1.82, 2.24) is 10.4 Å². The van der Waals surface area contributed by atoms with Gasteiger partial charge in [0.15, 0.2) is 5.13 Å². The number of halogens is 2. The second-order valence-electron chi connectivity index (χ2n) is 9.61. The van der Waals surface area contributed by atoms with Crippen LogP contribution in [-0.2, 0) is 6.61 Å². The second-order valence-corrected chi connectivity index (χ2v) is 12.1. The van der Waals surface area contributed by atoms with Crippen LogP contribution in [0.15, 0.2) is 120 Å². The van der Waals surface area contributed by atoms with E-state index in [1.165, 1.54) is 22.1 Å². The van der Waals surface area contributed by atoms with Crippen molar-refractivity contribution in [1.29, 1.82) is 0 Å². The van der Waals surface area contributed by atoms with Gasteiger partial charge in [-0.25, -0.2) is 10.4 Å². The molecule has 2 N–H and O–H groups in total. The Balaban J connectivity index is 1.02. The number of hydrogen-bond acceptors (Lipinski definition) is 6. The lowest BCUT2D eigenvalue weighted by Gasteiger charge is -2.10. The Bertz CT molecular complexity index is 1920. The van der Waals surface area contributed by atoms with Crippen molar-refractivity contribution in [3.8, 4) is 17.0 Å². The van der Waals surface area contributed by atoms with Gasteiger partial charge in [-0.05, 0) is 105 Å². The highest BCUT2D eigenvalue weighted by Gasteiger charge is 2.09. The first kappa shape index (κ1) is 28.9. The molecule has 43 heavy (non-hydrogen) atoms. The van der Waals surface area contributed by atoms with Crippen LogP contribution in [-0.4, -0.2) is 17.1 Å². The van der Waals surface area contributed by atoms with E-state index in [0.717, 1.165) is 42.5 Å². The summed E-state index contributed by atoms with van der Waals surface area (Å²) >= 11 is 9.71. The van der Waals surface area contributed by atoms with Gasteiger partial charge in [0.2, 0.25) is 0 Å². The summed E-state index contributed by atoms with van der Waals surface area (Å²) in [6.07, 6.45) is 1.62. The Hall–Kier alpha value is -4.25. The smallest absolute Gasteiger partial charge is 0.271 e. The third-order valence-corrected chi connectivity index (χ3v) is 8.44. The highest BCUT2D eigenvalue weighted by atomic mass is 127. The highest BCUT2D eigenvalue weighted by Crippen LogP contribution is 2.28. The number of rotatable bonds is 9. The number of amides is 1. The third kappa shape index (κ3) is 7.40. The summed E-state index contributed by atoms with van der Waals surface area (Å²) in [6.45, 7) is 0.479. The maximum absolute atomic E-state index is 12.7. The largest absolute Gasteiger partial charge is 0.488 e. The molecule has 1 amide bonds. The first-order valence-electron chi connectivity index (χ1n) is 13.3. The second kappa shape index (κ2) is 13.4. The number of benzene rings is 5. The van der Waals surface area contributed by atoms with Gasteiger partial charge in [-0.15, -0.1) is 11.3 Å². The molecule has 6 aromatic rings. The van der Waals surface area contributed by atoms with E-state index in [1.807, 2.05) is 72.1 Å². The fourth-order valence-corrected chi connectivity index (χ4v) is 5.91. The number of carbonyl (C=O) groups excluding carboxylic acids is 1. The number of anilines is 2. The van der Waals surface area contributed by atoms with Gasteiger partial charge in [0.1, 0.15) is 12.4 Å². The van der Waals surface area contributed by atoms with Crippen molar-refractivity contribution < 1.29 is 9.53 Å². The van der Waals surface area contributed by atoms with E-state index in [-0.39, 0.29) is 5.91 Å². The zero-order valence-corrected chi connectivity index (χ0v) is 26.4. The van der Waals surface area contributed by atoms with Gasteiger partial charge in [0, 0.05) is 27.2 Å². The van der Waals surface area contributed by atoms with Crippen molar-refractivity contribution >= 4 is 79.2 Å². The van der Waals surface area contributed by atoms with Gasteiger partial charge in [-0.1, -0.05) is 60.1 Å². The van der Waals surface area contributed by atoms with E-state index >= 15 is 0 Å². The van der Waals surface area contributed by atoms with Crippen molar-refractivity contribution in [2.24, 2.45) is 5.10 Å². The van der Waals surface area contributed by atoms with Crippen molar-refractivity contribution in [2.75, 3.05) is 5.32 Å². The van der Waals surface area contributed by atoms with Crippen LogP contribution in [0.5, 0.6) is 5.75 Å². The molecule has 0 fully saturated rings. The molecule has 0 saturated carbocycles. The number of hydrazone groups is 1. The molecule has 0 radical (unpaired) electrons. The summed E-state index contributed by atoms with van der Waals surface area (Å²) in [4.78, 5) is 17.3. The molecular weight excluding hydrogens is 691 g/mol. The lowest BCUT2D eigenvalue weighted by molar-refractivity contribution is 0.0955. The number of thiazole rings is 1. The van der Waals surface area contributed by atoms with E-state index < -0.39 is 0 Å². The van der Waals surface area contributed by atoms with E-state index in [2.05, 4.69) is 73.8 Å². The van der Waals surface area contributed by atoms with E-state index in [9.17, 15) is 4.79 Å². The normalized spacial score (nSPS) is 11.1. The summed E-state index contributed by atoms with van der Waals surface area (Å²) in [5, 5.41) is 13.2. The van der Waals surface area contributed by atoms with Crippen LogP contribution < -0.4 is 15.5 Å². The molecule has 1 aromatic heterocycles. The van der Waals surface area contributed by atoms with Gasteiger partial charge >= 0.3 is 0 Å². The molecular formula is C34H24ClIN4O2S. The summed E-state index contributed by atoms with van der Waals surface area (Å²) in [5.41, 5.74) is 7.72. The minimum absolute atomic E-state index is 0.295. The summed E-state index contributed by atoms with van der Waals surface area (Å²) in [6, 6.07) is 35.1. The van der Waals surface area contributed by atoms with Gasteiger partial charge < -0.3 is 10.1 Å². The molecule has 5 aromatic carbocycles. The number of hydrogen-bond donors (Lipinski definition) is 2. The SMILES string of the molecule is O=C(N/N=C\c1ccc(OCc2ccc3ccccc3c2)c(I)c1)c1ccc(-c2csc(Nc3ccc(Cl)cc3)n2)cc1. The van der Waals surface area contributed by atoms with E-state index in [1.54, 1.807) is 18.3 Å². The van der Waals surface area contributed by atoms with Crippen molar-refractivity contribution in [3.05, 3.63) is 140 Å². The Morgan fingerprint density at radius 3 is 2.51 bits per heavy atom. The fourth-order valence-electron chi connectivity index (χ4n) is 4.35. The molecule has 0 bridgehead atoms. The standard InChI is InChI=1S/C34H24ClIN4O2S/c35-28-12-14-29(15-13-28)38-34-39-31(21-43-34)25-8-10-26(11-9-25)33(41)40-37-19-22-6-16-32(30(36)18-22)42-20-23-5-7-24-3-1-2-4-27(24)17-23/h1-19,21H,20H2,(H,38,39)(H,40,41)/b37-19-. The van der Waals surface area contributed by atoms with Crippen LogP contribution >= 0.6 is 45.5 Å². The molecule has 6 rings (SSSR count). The molecule has 9 heteroatoms. The number of carbonyl (C=O) groups is 1. The predicted molar refractivity (Wildman–Crippen MR) is 185 cm³/mol. The van der Waals surface area contributed by atoms with E-state index in [0.29, 0.717) is 17.2 Å². The minimum Gasteiger partial charge on any atom is -0.488 e. The molecule has 0 aliphatic heterocycles. The van der Waals surface area contributed by atoms with Crippen LogP contribution in [0, 0.1) is 3.57 Å². The topological polar surface area (TPSA) is 75.6 Å². The highest BCUT2D eigenvalue weighted by molar-refractivity contribution is 14.1. The zero-order chi connectivity index (χ0) is 29.6. The first-order chi connectivity index (χ1) is 21.0. The number of nitrogens with one attached hydrogen (secondary N) is 2. The lowest BCUT2D eigenvalue weighted by atomic mass is 10.1. The van der Waals surface area contributed by atoms with Gasteiger partial charge in [0.05, 0.1) is 15.5 Å². The number of nitrogens with zero attached hydrogens (tertiary/aromatic N) is 2. The Kier molecular flexibility index (Phi) is 8.97. The third-order valence-electron chi connectivity index (χ3n) is 6.59. The molecule has 0 unspecified atom stereocenters. The molecule has 0 spiro atoms. The fraction of sp³-hybridized carbons (Fsp3) is 0.0294.